The number of aromatic hydroxyl groups is 1. The fraction of sp³-hybridized carbons (Fsp3) is 0.450. The molecular weight excluding hydrogens is 318 g/mol. The molecule has 0 unspecified atom stereocenters. The van der Waals surface area contributed by atoms with Gasteiger partial charge < -0.3 is 5.11 Å². The Morgan fingerprint density at radius 2 is 1.96 bits per heavy atom. The van der Waals surface area contributed by atoms with E-state index in [-0.39, 0.29) is 11.2 Å². The van der Waals surface area contributed by atoms with Gasteiger partial charge in [-0.3, -0.25) is 9.69 Å². The number of rotatable bonds is 4. The Kier molecular flexibility index (Phi) is 4.79. The van der Waals surface area contributed by atoms with Crippen molar-refractivity contribution < 1.29 is 9.90 Å². The molecule has 0 radical (unpaired) electrons. The summed E-state index contributed by atoms with van der Waals surface area (Å²) in [6.07, 6.45) is 2.42. The number of nitrogens with zero attached hydrogens (tertiary/aromatic N) is 1. The first kappa shape index (κ1) is 17.2. The summed E-state index contributed by atoms with van der Waals surface area (Å²) in [4.78, 5) is 15.9. The van der Waals surface area contributed by atoms with Crippen molar-refractivity contribution in [1.82, 2.24) is 4.90 Å². The summed E-state index contributed by atoms with van der Waals surface area (Å²) in [7, 11) is 0. The molecule has 0 bridgehead atoms. The molecule has 3 rings (SSSR count). The van der Waals surface area contributed by atoms with Gasteiger partial charge in [-0.05, 0) is 54.9 Å². The Hall–Kier alpha value is -1.65. The SMILES string of the molecule is CC(C)(C)c1cc(C(=O)c2cccs2)cc(CN2CCCC2)c1O. The van der Waals surface area contributed by atoms with Crippen molar-refractivity contribution in [3.63, 3.8) is 0 Å². The molecule has 0 saturated carbocycles. The Morgan fingerprint density at radius 3 is 2.54 bits per heavy atom. The van der Waals surface area contributed by atoms with Crippen molar-refractivity contribution in [3.05, 3.63) is 51.2 Å². The molecule has 0 aliphatic carbocycles. The van der Waals surface area contributed by atoms with Gasteiger partial charge in [0.25, 0.3) is 0 Å². The molecule has 1 fully saturated rings. The highest BCUT2D eigenvalue weighted by molar-refractivity contribution is 7.12. The van der Waals surface area contributed by atoms with Crippen LogP contribution in [0.25, 0.3) is 0 Å². The van der Waals surface area contributed by atoms with Gasteiger partial charge in [0.1, 0.15) is 5.75 Å². The van der Waals surface area contributed by atoms with E-state index in [2.05, 4.69) is 25.7 Å². The average molecular weight is 343 g/mol. The lowest BCUT2D eigenvalue weighted by Gasteiger charge is -2.24. The number of hydrogen-bond acceptors (Lipinski definition) is 4. The van der Waals surface area contributed by atoms with Crippen molar-refractivity contribution in [1.29, 1.82) is 0 Å². The molecular formula is C20H25NO2S. The standard InChI is InChI=1S/C20H25NO2S/c1-20(2,3)16-12-14(19(23)17-7-6-10-24-17)11-15(18(16)22)13-21-8-4-5-9-21/h6-7,10-12,22H,4-5,8-9,13H2,1-3H3. The van der Waals surface area contributed by atoms with E-state index < -0.39 is 0 Å². The molecule has 0 atom stereocenters. The van der Waals surface area contributed by atoms with Gasteiger partial charge in [0, 0.05) is 23.2 Å². The Morgan fingerprint density at radius 1 is 1.25 bits per heavy atom. The van der Waals surface area contributed by atoms with Gasteiger partial charge in [-0.15, -0.1) is 11.3 Å². The first-order chi connectivity index (χ1) is 11.4. The van der Waals surface area contributed by atoms with Crippen molar-refractivity contribution in [3.8, 4) is 5.75 Å². The maximum atomic E-state index is 12.8. The highest BCUT2D eigenvalue weighted by Gasteiger charge is 2.25. The molecule has 1 aromatic heterocycles. The minimum absolute atomic E-state index is 0.0400. The third-order valence-corrected chi connectivity index (χ3v) is 5.47. The molecule has 0 spiro atoms. The van der Waals surface area contributed by atoms with E-state index in [4.69, 9.17) is 0 Å². The Balaban J connectivity index is 2.03. The minimum Gasteiger partial charge on any atom is -0.507 e. The van der Waals surface area contributed by atoms with Crippen LogP contribution in [0.4, 0.5) is 0 Å². The number of hydrogen-bond donors (Lipinski definition) is 1. The van der Waals surface area contributed by atoms with Crippen molar-refractivity contribution in [2.24, 2.45) is 0 Å². The summed E-state index contributed by atoms with van der Waals surface area (Å²) < 4.78 is 0. The van der Waals surface area contributed by atoms with E-state index in [0.717, 1.165) is 29.1 Å². The third-order valence-electron chi connectivity index (χ3n) is 4.60. The number of likely N-dealkylation sites (tertiary alicyclic amines) is 1. The minimum atomic E-state index is -0.213. The number of phenols is 1. The predicted octanol–water partition coefficient (Wildman–Crippen LogP) is 4.58. The van der Waals surface area contributed by atoms with Crippen LogP contribution in [0, 0.1) is 0 Å². The highest BCUT2D eigenvalue weighted by atomic mass is 32.1. The lowest BCUT2D eigenvalue weighted by Crippen LogP contribution is -2.20. The van der Waals surface area contributed by atoms with Gasteiger partial charge in [-0.25, -0.2) is 0 Å². The molecule has 3 nitrogen and oxygen atoms in total. The molecule has 1 aromatic carbocycles. The number of thiophene rings is 1. The summed E-state index contributed by atoms with van der Waals surface area (Å²) in [5.74, 6) is 0.385. The largest absolute Gasteiger partial charge is 0.507 e. The van der Waals surface area contributed by atoms with Crippen molar-refractivity contribution in [2.45, 2.75) is 45.6 Å². The van der Waals surface area contributed by atoms with Crippen LogP contribution in [0.2, 0.25) is 0 Å². The zero-order valence-electron chi connectivity index (χ0n) is 14.6. The second-order valence-electron chi connectivity index (χ2n) is 7.57. The summed E-state index contributed by atoms with van der Waals surface area (Å²) in [6, 6.07) is 7.50. The molecule has 2 aromatic rings. The second-order valence-corrected chi connectivity index (χ2v) is 8.52. The zero-order valence-corrected chi connectivity index (χ0v) is 15.4. The molecule has 1 saturated heterocycles. The maximum absolute atomic E-state index is 12.8. The van der Waals surface area contributed by atoms with Crippen LogP contribution >= 0.6 is 11.3 Å². The van der Waals surface area contributed by atoms with E-state index in [9.17, 15) is 9.90 Å². The van der Waals surface area contributed by atoms with Crippen LogP contribution in [0.1, 0.15) is 60.0 Å². The Labute approximate surface area is 147 Å². The smallest absolute Gasteiger partial charge is 0.202 e. The molecule has 1 aliphatic heterocycles. The summed E-state index contributed by atoms with van der Waals surface area (Å²) in [5.41, 5.74) is 2.17. The van der Waals surface area contributed by atoms with Gasteiger partial charge in [-0.1, -0.05) is 26.8 Å². The monoisotopic (exact) mass is 343 g/mol. The molecule has 4 heteroatoms. The van der Waals surface area contributed by atoms with E-state index in [1.165, 1.54) is 24.2 Å². The molecule has 0 amide bonds. The van der Waals surface area contributed by atoms with Crippen LogP contribution in [0.15, 0.2) is 29.6 Å². The number of carbonyl (C=O) groups excluding carboxylic acids is 1. The normalized spacial score (nSPS) is 15.8. The van der Waals surface area contributed by atoms with Gasteiger partial charge in [0.05, 0.1) is 4.88 Å². The van der Waals surface area contributed by atoms with Gasteiger partial charge in [-0.2, -0.15) is 0 Å². The van der Waals surface area contributed by atoms with E-state index in [1.54, 1.807) is 0 Å². The number of phenolic OH excluding ortho intramolecular Hbond substituents is 1. The van der Waals surface area contributed by atoms with E-state index >= 15 is 0 Å². The first-order valence-corrected chi connectivity index (χ1v) is 9.41. The van der Waals surface area contributed by atoms with Crippen LogP contribution in [0.3, 0.4) is 0 Å². The van der Waals surface area contributed by atoms with Crippen molar-refractivity contribution in [2.75, 3.05) is 13.1 Å². The van der Waals surface area contributed by atoms with E-state index in [0.29, 0.717) is 17.9 Å². The van der Waals surface area contributed by atoms with Gasteiger partial charge in [0.15, 0.2) is 0 Å². The summed E-state index contributed by atoms with van der Waals surface area (Å²) in [5, 5.41) is 12.7. The van der Waals surface area contributed by atoms with E-state index in [1.807, 2.05) is 29.6 Å². The van der Waals surface area contributed by atoms with Gasteiger partial charge in [0.2, 0.25) is 5.78 Å². The fourth-order valence-corrected chi connectivity index (χ4v) is 3.94. The van der Waals surface area contributed by atoms with Crippen LogP contribution in [0.5, 0.6) is 5.75 Å². The molecule has 24 heavy (non-hydrogen) atoms. The maximum Gasteiger partial charge on any atom is 0.202 e. The quantitative estimate of drug-likeness (QED) is 0.826. The number of benzene rings is 1. The highest BCUT2D eigenvalue weighted by Crippen LogP contribution is 2.36. The zero-order chi connectivity index (χ0) is 17.3. The summed E-state index contributed by atoms with van der Waals surface area (Å²) >= 11 is 1.46. The lowest BCUT2D eigenvalue weighted by molar-refractivity contribution is 0.104. The Bertz CT molecular complexity index is 723. The lowest BCUT2D eigenvalue weighted by atomic mass is 9.83. The van der Waals surface area contributed by atoms with Crippen LogP contribution in [-0.2, 0) is 12.0 Å². The summed E-state index contributed by atoms with van der Waals surface area (Å²) in [6.45, 7) is 9.05. The number of carbonyl (C=O) groups is 1. The van der Waals surface area contributed by atoms with Crippen LogP contribution < -0.4 is 0 Å². The van der Waals surface area contributed by atoms with Gasteiger partial charge >= 0.3 is 0 Å². The first-order valence-electron chi connectivity index (χ1n) is 8.53. The van der Waals surface area contributed by atoms with Crippen LogP contribution in [-0.4, -0.2) is 28.9 Å². The molecule has 1 aliphatic rings. The average Bonchev–Trinajstić information content (AvgIpc) is 3.20. The van der Waals surface area contributed by atoms with Crippen molar-refractivity contribution >= 4 is 17.1 Å². The number of ketones is 1. The molecule has 1 N–H and O–H groups in total. The molecule has 2 heterocycles. The topological polar surface area (TPSA) is 40.5 Å². The fourth-order valence-electron chi connectivity index (χ4n) is 3.25. The molecule has 128 valence electrons. The second kappa shape index (κ2) is 6.69. The third kappa shape index (κ3) is 3.55. The predicted molar refractivity (Wildman–Crippen MR) is 99.1 cm³/mol.